The minimum atomic E-state index is 0.813. The summed E-state index contributed by atoms with van der Waals surface area (Å²) in [5.41, 5.74) is 3.38. The molecule has 0 saturated heterocycles. The molecular formula is C11H12. The Morgan fingerprint density at radius 1 is 1.27 bits per heavy atom. The van der Waals surface area contributed by atoms with Gasteiger partial charge in [0.25, 0.3) is 0 Å². The molecule has 0 aliphatic heterocycles. The Balaban J connectivity index is 1.89. The van der Waals surface area contributed by atoms with Crippen LogP contribution in [-0.4, -0.2) is 0 Å². The van der Waals surface area contributed by atoms with Gasteiger partial charge in [-0.1, -0.05) is 23.8 Å². The van der Waals surface area contributed by atoms with Crippen LogP contribution in [0.1, 0.15) is 12.8 Å². The predicted molar refractivity (Wildman–Crippen MR) is 43.9 cm³/mol. The number of fused-ring (bicyclic) bond motifs is 1. The van der Waals surface area contributed by atoms with E-state index < -0.39 is 0 Å². The highest BCUT2D eigenvalue weighted by atomic mass is 14.7. The molecule has 56 valence electrons. The molecule has 2 bridgehead atoms. The van der Waals surface area contributed by atoms with Crippen LogP contribution < -0.4 is 0 Å². The second kappa shape index (κ2) is 1.24. The van der Waals surface area contributed by atoms with Crippen LogP contribution in [0.3, 0.4) is 0 Å². The van der Waals surface area contributed by atoms with Crippen molar-refractivity contribution >= 4 is 0 Å². The van der Waals surface area contributed by atoms with E-state index in [0.29, 0.717) is 0 Å². The number of rotatable bonds is 0. The maximum absolute atomic E-state index is 4.25. The van der Waals surface area contributed by atoms with Crippen molar-refractivity contribution in [2.75, 3.05) is 0 Å². The fourth-order valence-corrected chi connectivity index (χ4v) is 3.67. The Kier molecular flexibility index (Phi) is 0.583. The molecule has 0 heteroatoms. The molecule has 0 amide bonds. The molecule has 0 radical (unpaired) electrons. The third-order valence-corrected chi connectivity index (χ3v) is 4.40. The summed E-state index contributed by atoms with van der Waals surface area (Å²) >= 11 is 0. The Hall–Kier alpha value is -0.520. The van der Waals surface area contributed by atoms with Crippen molar-refractivity contribution in [1.29, 1.82) is 0 Å². The van der Waals surface area contributed by atoms with E-state index in [4.69, 9.17) is 0 Å². The first kappa shape index (κ1) is 5.18. The Morgan fingerprint density at radius 3 is 2.73 bits per heavy atom. The minimum absolute atomic E-state index is 0.813. The summed E-state index contributed by atoms with van der Waals surface area (Å²) in [7, 11) is 0. The molecule has 3 unspecified atom stereocenters. The zero-order chi connectivity index (χ0) is 7.16. The van der Waals surface area contributed by atoms with Crippen molar-refractivity contribution < 1.29 is 0 Å². The van der Waals surface area contributed by atoms with Crippen molar-refractivity contribution in [3.63, 3.8) is 0 Å². The minimum Gasteiger partial charge on any atom is -0.0989 e. The monoisotopic (exact) mass is 144 g/mol. The van der Waals surface area contributed by atoms with E-state index in [2.05, 4.69) is 12.7 Å². The molecule has 0 aromatic heterocycles. The molecule has 5 atom stereocenters. The summed E-state index contributed by atoms with van der Waals surface area (Å²) in [6.45, 7) is 4.25. The van der Waals surface area contributed by atoms with Gasteiger partial charge in [-0.25, -0.2) is 0 Å². The van der Waals surface area contributed by atoms with Gasteiger partial charge in [0.2, 0.25) is 0 Å². The molecule has 0 aromatic rings. The Morgan fingerprint density at radius 2 is 2.00 bits per heavy atom. The standard InChI is InChI=1S/C11H12/c1-5-6-2-7(3-6)11-9-4-8(9)10(5)11/h2,6,8-11H,1,3-4H2/t6-,8?,9?,10+,11?/m1/s1. The van der Waals surface area contributed by atoms with Gasteiger partial charge in [0.1, 0.15) is 0 Å². The molecule has 5 aliphatic carbocycles. The molecule has 3 saturated carbocycles. The number of allylic oxidation sites excluding steroid dienone is 3. The lowest BCUT2D eigenvalue weighted by molar-refractivity contribution is 0.169. The van der Waals surface area contributed by atoms with Crippen molar-refractivity contribution in [2.24, 2.45) is 29.6 Å². The second-order valence-corrected chi connectivity index (χ2v) is 4.74. The summed E-state index contributed by atoms with van der Waals surface area (Å²) < 4.78 is 0. The van der Waals surface area contributed by atoms with E-state index in [1.807, 2.05) is 0 Å². The van der Waals surface area contributed by atoms with E-state index in [0.717, 1.165) is 29.6 Å². The summed E-state index contributed by atoms with van der Waals surface area (Å²) in [6.07, 6.45) is 5.39. The largest absolute Gasteiger partial charge is 0.0989 e. The molecule has 11 heavy (non-hydrogen) atoms. The maximum Gasteiger partial charge on any atom is 0.00172 e. The van der Waals surface area contributed by atoms with E-state index in [1.54, 1.807) is 11.1 Å². The zero-order valence-electron chi connectivity index (χ0n) is 6.59. The average Bonchev–Trinajstić information content (AvgIpc) is 2.53. The first-order valence-corrected chi connectivity index (χ1v) is 4.75. The molecule has 3 fully saturated rings. The molecular weight excluding hydrogens is 132 g/mol. The molecule has 0 N–H and O–H groups in total. The SMILES string of the molecule is C=C1[C@H]2C3CC3C2C2=C[C@@H]1C2. The van der Waals surface area contributed by atoms with Crippen molar-refractivity contribution in [3.8, 4) is 0 Å². The number of hydrogen-bond acceptors (Lipinski definition) is 0. The predicted octanol–water partition coefficient (Wildman–Crippen LogP) is 2.38. The van der Waals surface area contributed by atoms with Gasteiger partial charge in [-0.3, -0.25) is 0 Å². The third kappa shape index (κ3) is 0.378. The van der Waals surface area contributed by atoms with Crippen LogP contribution in [-0.2, 0) is 0 Å². The molecule has 0 aromatic carbocycles. The van der Waals surface area contributed by atoms with E-state index in [1.165, 1.54) is 12.8 Å². The van der Waals surface area contributed by atoms with Gasteiger partial charge >= 0.3 is 0 Å². The Bertz CT molecular complexity index is 297. The maximum atomic E-state index is 4.25. The molecule has 0 spiro atoms. The molecule has 5 aliphatic rings. The fourth-order valence-electron chi connectivity index (χ4n) is 3.67. The van der Waals surface area contributed by atoms with Gasteiger partial charge in [-0.05, 0) is 36.5 Å². The average molecular weight is 144 g/mol. The van der Waals surface area contributed by atoms with Gasteiger partial charge in [0, 0.05) is 5.92 Å². The van der Waals surface area contributed by atoms with E-state index in [9.17, 15) is 0 Å². The zero-order valence-corrected chi connectivity index (χ0v) is 6.59. The fraction of sp³-hybridized carbons (Fsp3) is 0.636. The summed E-state index contributed by atoms with van der Waals surface area (Å²) in [5, 5.41) is 0. The van der Waals surface area contributed by atoms with Crippen LogP contribution in [0.25, 0.3) is 0 Å². The topological polar surface area (TPSA) is 0 Å². The molecule has 0 heterocycles. The smallest absolute Gasteiger partial charge is 0.00172 e. The van der Waals surface area contributed by atoms with Crippen LogP contribution in [0.15, 0.2) is 23.8 Å². The summed E-state index contributed by atoms with van der Waals surface area (Å²) in [4.78, 5) is 0. The lowest BCUT2D eigenvalue weighted by Gasteiger charge is -2.51. The lowest BCUT2D eigenvalue weighted by atomic mass is 9.53. The van der Waals surface area contributed by atoms with Gasteiger partial charge in [0.05, 0.1) is 0 Å². The highest BCUT2D eigenvalue weighted by molar-refractivity contribution is 5.44. The highest BCUT2D eigenvalue weighted by Crippen LogP contribution is 2.73. The van der Waals surface area contributed by atoms with Crippen LogP contribution >= 0.6 is 0 Å². The van der Waals surface area contributed by atoms with Gasteiger partial charge in [-0.15, -0.1) is 0 Å². The van der Waals surface area contributed by atoms with Crippen LogP contribution in [0.2, 0.25) is 0 Å². The normalized spacial score (nSPS) is 61.6. The molecule has 0 nitrogen and oxygen atoms in total. The highest BCUT2D eigenvalue weighted by Gasteiger charge is 2.66. The van der Waals surface area contributed by atoms with Crippen LogP contribution in [0.4, 0.5) is 0 Å². The first-order chi connectivity index (χ1) is 5.36. The quantitative estimate of drug-likeness (QED) is 0.458. The van der Waals surface area contributed by atoms with E-state index >= 15 is 0 Å². The van der Waals surface area contributed by atoms with Crippen molar-refractivity contribution in [3.05, 3.63) is 23.8 Å². The van der Waals surface area contributed by atoms with Crippen molar-refractivity contribution in [2.45, 2.75) is 12.8 Å². The van der Waals surface area contributed by atoms with E-state index in [-0.39, 0.29) is 0 Å². The first-order valence-electron chi connectivity index (χ1n) is 4.75. The second-order valence-electron chi connectivity index (χ2n) is 4.74. The summed E-state index contributed by atoms with van der Waals surface area (Å²) in [5.74, 6) is 4.98. The summed E-state index contributed by atoms with van der Waals surface area (Å²) in [6, 6.07) is 0. The molecule has 5 rings (SSSR count). The van der Waals surface area contributed by atoms with Gasteiger partial charge in [0.15, 0.2) is 0 Å². The van der Waals surface area contributed by atoms with Crippen molar-refractivity contribution in [1.82, 2.24) is 0 Å². The third-order valence-electron chi connectivity index (χ3n) is 4.40. The lowest BCUT2D eigenvalue weighted by Crippen LogP contribution is -2.43. The van der Waals surface area contributed by atoms with Gasteiger partial charge < -0.3 is 0 Å². The van der Waals surface area contributed by atoms with Gasteiger partial charge in [-0.2, -0.15) is 0 Å². The van der Waals surface area contributed by atoms with Crippen LogP contribution in [0, 0.1) is 29.6 Å². The number of hydrogen-bond donors (Lipinski definition) is 0. The van der Waals surface area contributed by atoms with Crippen LogP contribution in [0.5, 0.6) is 0 Å². The Labute approximate surface area is 67.0 Å².